The van der Waals surface area contributed by atoms with E-state index in [1.807, 2.05) is 45.1 Å². The van der Waals surface area contributed by atoms with Crippen molar-refractivity contribution in [1.29, 1.82) is 0 Å². The molecule has 0 radical (unpaired) electrons. The molecular formula is C53H83NO15. The molecule has 2 saturated heterocycles. The van der Waals surface area contributed by atoms with E-state index >= 15 is 0 Å². The molecule has 2 unspecified atom stereocenters. The van der Waals surface area contributed by atoms with Gasteiger partial charge in [-0.2, -0.15) is 0 Å². The second-order valence-corrected chi connectivity index (χ2v) is 20.5. The lowest BCUT2D eigenvalue weighted by Crippen LogP contribution is -2.61. The molecule has 16 heteroatoms. The van der Waals surface area contributed by atoms with Crippen LogP contribution >= 0.6 is 0 Å². The standard InChI is InChI=1S/C53H83NO15/c1-31-15-11-10-12-16-32(2)44(67-30-39(56)29-55)27-40-20-18-37(7)53(64,69-40)50(61)51(62)54-22-14-13-17-41(54)52(63)68-45(34(4)25-38-19-21-42(57)46(26-38)65-8)28-43(58)33(3)24-36(6)48(60)49(66-9)47(59)35(5)23-31/h10-12,15-16,24,31,33-35,37-42,44-46,48-49,55-57,60,64H,13-14,17-23,25-30H2,1-9H3/b12-10+,15-11-,32-16+,36-24+/t31-,33-,34-,35-,37-,38+,39?,40+,41+,42-,44?,45+,46-,48-,49+,53-/m1/s1. The second-order valence-electron chi connectivity index (χ2n) is 20.5. The Labute approximate surface area is 409 Å². The number of allylic oxidation sites excluding steroid dienone is 6. The van der Waals surface area contributed by atoms with Gasteiger partial charge in [0, 0.05) is 51.4 Å². The summed E-state index contributed by atoms with van der Waals surface area (Å²) < 4.78 is 29.6. The summed E-state index contributed by atoms with van der Waals surface area (Å²) in [6, 6.07) is -1.19. The number of hydrogen-bond donors (Lipinski definition) is 5. The highest BCUT2D eigenvalue weighted by molar-refractivity contribution is 6.39. The van der Waals surface area contributed by atoms with Crippen molar-refractivity contribution in [2.45, 2.75) is 186 Å². The Hall–Kier alpha value is -3.45. The zero-order chi connectivity index (χ0) is 51.2. The fourth-order valence-corrected chi connectivity index (χ4v) is 10.3. The SMILES string of the molecule is CO[C@@H]1C[C@H](C[C@@H](C)[C@@H]2CC(=O)[C@H](C)/C=C(\C)[C@@H](O)[C@@H](OC)C(=O)[C@H](C)C[C@H](C)\C=C/C=C/C=C(\C)C(OCC(O)CO)C[C@@H]3CC[C@@H](C)[C@@](O)(O3)C(=O)C(=O)N3CCCC[C@H]3C(=O)O2)CC[C@H]1O. The molecule has 1 aliphatic carbocycles. The van der Waals surface area contributed by atoms with Crippen molar-refractivity contribution < 1.29 is 73.2 Å². The first kappa shape index (κ1) is 58.1. The van der Waals surface area contributed by atoms with Crippen molar-refractivity contribution >= 4 is 29.2 Å². The van der Waals surface area contributed by atoms with E-state index in [-0.39, 0.29) is 67.8 Å². The van der Waals surface area contributed by atoms with Crippen molar-refractivity contribution in [2.75, 3.05) is 34.0 Å². The smallest absolute Gasteiger partial charge is 0.329 e. The van der Waals surface area contributed by atoms with Gasteiger partial charge in [0.15, 0.2) is 5.78 Å². The molecule has 69 heavy (non-hydrogen) atoms. The summed E-state index contributed by atoms with van der Waals surface area (Å²) in [5, 5.41) is 53.7. The summed E-state index contributed by atoms with van der Waals surface area (Å²) >= 11 is 0. The monoisotopic (exact) mass is 974 g/mol. The molecular weight excluding hydrogens is 891 g/mol. The van der Waals surface area contributed by atoms with E-state index in [0.717, 1.165) is 10.5 Å². The molecule has 5 N–H and O–H groups in total. The number of fused-ring (bicyclic) bond motifs is 3. The quantitative estimate of drug-likeness (QED) is 0.117. The van der Waals surface area contributed by atoms with Crippen LogP contribution in [0.5, 0.6) is 0 Å². The number of nitrogens with zero attached hydrogens (tertiary/aromatic N) is 1. The number of rotatable bonds is 9. The number of aliphatic hydroxyl groups excluding tert-OH is 4. The third-order valence-electron chi connectivity index (χ3n) is 14.9. The van der Waals surface area contributed by atoms with Gasteiger partial charge in [-0.3, -0.25) is 19.2 Å². The van der Waals surface area contributed by atoms with Crippen LogP contribution < -0.4 is 0 Å². The summed E-state index contributed by atoms with van der Waals surface area (Å²) in [4.78, 5) is 72.1. The van der Waals surface area contributed by atoms with Crippen molar-refractivity contribution in [1.82, 2.24) is 4.90 Å². The molecule has 4 aliphatic rings. The number of ether oxygens (including phenoxy) is 5. The number of carbonyl (C=O) groups excluding carboxylic acids is 5. The molecule has 0 aromatic rings. The molecule has 390 valence electrons. The van der Waals surface area contributed by atoms with E-state index in [1.54, 1.807) is 47.0 Å². The molecule has 16 nitrogen and oxygen atoms in total. The Morgan fingerprint density at radius 2 is 1.61 bits per heavy atom. The van der Waals surface area contributed by atoms with Gasteiger partial charge < -0.3 is 54.1 Å². The number of hydrogen-bond acceptors (Lipinski definition) is 15. The third kappa shape index (κ3) is 16.0. The number of piperidine rings is 1. The number of ketones is 3. The zero-order valence-electron chi connectivity index (χ0n) is 42.5. The Morgan fingerprint density at radius 1 is 0.884 bits per heavy atom. The van der Waals surface area contributed by atoms with Gasteiger partial charge >= 0.3 is 5.97 Å². The molecule has 0 aromatic heterocycles. The minimum atomic E-state index is -2.53. The summed E-state index contributed by atoms with van der Waals surface area (Å²) in [6.07, 6.45) is 8.49. The maximum atomic E-state index is 14.4. The lowest BCUT2D eigenvalue weighted by molar-refractivity contribution is -0.266. The van der Waals surface area contributed by atoms with Crippen molar-refractivity contribution in [3.05, 3.63) is 47.6 Å². The Balaban J connectivity index is 1.73. The minimum absolute atomic E-state index is 0.0369. The number of Topliss-reactive ketones (excluding diaryl/α,β-unsaturated/α-hetero) is 3. The molecule has 3 fully saturated rings. The van der Waals surface area contributed by atoms with Gasteiger partial charge in [-0.1, -0.05) is 71.1 Å². The van der Waals surface area contributed by atoms with Crippen LogP contribution in [0.1, 0.15) is 126 Å². The number of esters is 1. The Morgan fingerprint density at radius 3 is 2.29 bits per heavy atom. The fraction of sp³-hybridized carbons (Fsp3) is 0.755. The van der Waals surface area contributed by atoms with Gasteiger partial charge in [-0.25, -0.2) is 4.79 Å². The van der Waals surface area contributed by atoms with E-state index in [1.165, 1.54) is 7.11 Å². The lowest BCUT2D eigenvalue weighted by Gasteiger charge is -2.43. The molecule has 1 amide bonds. The van der Waals surface area contributed by atoms with E-state index in [4.69, 9.17) is 23.7 Å². The highest BCUT2D eigenvalue weighted by Gasteiger charge is 2.53. The van der Waals surface area contributed by atoms with Gasteiger partial charge in [0.2, 0.25) is 5.79 Å². The van der Waals surface area contributed by atoms with E-state index in [9.17, 15) is 49.5 Å². The van der Waals surface area contributed by atoms with E-state index in [2.05, 4.69) is 0 Å². The summed E-state index contributed by atoms with van der Waals surface area (Å²) in [5.74, 6) is -8.52. The van der Waals surface area contributed by atoms with Crippen molar-refractivity contribution in [2.24, 2.45) is 35.5 Å². The van der Waals surface area contributed by atoms with E-state index in [0.29, 0.717) is 63.4 Å². The van der Waals surface area contributed by atoms with E-state index < -0.39 is 96.6 Å². The molecule has 4 rings (SSSR count). The fourth-order valence-electron chi connectivity index (χ4n) is 10.3. The molecule has 0 aromatic carbocycles. The topological polar surface area (TPSA) is 236 Å². The Bertz CT molecular complexity index is 1850. The second kappa shape index (κ2) is 27.4. The van der Waals surface area contributed by atoms with Crippen LogP contribution in [0.3, 0.4) is 0 Å². The maximum absolute atomic E-state index is 14.4. The molecule has 1 saturated carbocycles. The van der Waals surface area contributed by atoms with Crippen molar-refractivity contribution in [3.63, 3.8) is 0 Å². The summed E-state index contributed by atoms with van der Waals surface area (Å²) in [7, 11) is 2.92. The van der Waals surface area contributed by atoms with Crippen LogP contribution in [0.4, 0.5) is 0 Å². The highest BCUT2D eigenvalue weighted by atomic mass is 16.6. The van der Waals surface area contributed by atoms with Crippen LogP contribution in [0, 0.1) is 35.5 Å². The molecule has 16 atom stereocenters. The van der Waals surface area contributed by atoms with Gasteiger partial charge in [-0.05, 0) is 107 Å². The number of aliphatic hydroxyl groups is 5. The first-order valence-electron chi connectivity index (χ1n) is 25.2. The van der Waals surface area contributed by atoms with Crippen LogP contribution in [0.15, 0.2) is 47.6 Å². The maximum Gasteiger partial charge on any atom is 0.329 e. The average molecular weight is 974 g/mol. The van der Waals surface area contributed by atoms with Crippen LogP contribution in [-0.4, -0.2) is 154 Å². The number of methoxy groups -OCH3 is 2. The third-order valence-corrected chi connectivity index (χ3v) is 14.9. The molecule has 0 spiro atoms. The normalized spacial score (nSPS) is 39.2. The zero-order valence-corrected chi connectivity index (χ0v) is 42.5. The van der Waals surface area contributed by atoms with Gasteiger partial charge in [0.25, 0.3) is 11.7 Å². The Kier molecular flexibility index (Phi) is 23.1. The average Bonchev–Trinajstić information content (AvgIpc) is 3.32. The largest absolute Gasteiger partial charge is 0.460 e. The highest BCUT2D eigenvalue weighted by Crippen LogP contribution is 2.38. The number of amides is 1. The van der Waals surface area contributed by atoms with Crippen LogP contribution in [0.2, 0.25) is 0 Å². The van der Waals surface area contributed by atoms with Crippen LogP contribution in [-0.2, 0) is 47.7 Å². The predicted molar refractivity (Wildman–Crippen MR) is 257 cm³/mol. The summed E-state index contributed by atoms with van der Waals surface area (Å²) in [5.41, 5.74) is 1.09. The summed E-state index contributed by atoms with van der Waals surface area (Å²) in [6.45, 7) is 11.7. The minimum Gasteiger partial charge on any atom is -0.460 e. The van der Waals surface area contributed by atoms with Gasteiger partial charge in [0.1, 0.15) is 36.2 Å². The van der Waals surface area contributed by atoms with Crippen LogP contribution in [0.25, 0.3) is 0 Å². The molecule has 2 bridgehead atoms. The lowest BCUT2D eigenvalue weighted by atomic mass is 9.78. The van der Waals surface area contributed by atoms with Crippen molar-refractivity contribution in [3.8, 4) is 0 Å². The van der Waals surface area contributed by atoms with Gasteiger partial charge in [0.05, 0.1) is 37.6 Å². The molecule has 3 heterocycles. The number of carbonyl (C=O) groups is 5. The first-order valence-corrected chi connectivity index (χ1v) is 25.2. The first-order chi connectivity index (χ1) is 32.6. The van der Waals surface area contributed by atoms with Gasteiger partial charge in [-0.15, -0.1) is 0 Å². The number of cyclic esters (lactones) is 1. The predicted octanol–water partition coefficient (Wildman–Crippen LogP) is 4.90. The molecule has 3 aliphatic heterocycles.